The maximum atomic E-state index is 12.3. The Labute approximate surface area is 112 Å². The van der Waals surface area contributed by atoms with E-state index in [1.54, 1.807) is 18.3 Å². The molecule has 0 aromatic carbocycles. The van der Waals surface area contributed by atoms with Gasteiger partial charge in [-0.15, -0.1) is 0 Å². The predicted octanol–water partition coefficient (Wildman–Crippen LogP) is 0.879. The Morgan fingerprint density at radius 2 is 2.00 bits per heavy atom. The van der Waals surface area contributed by atoms with Gasteiger partial charge in [-0.2, -0.15) is 4.31 Å². The lowest BCUT2D eigenvalue weighted by atomic mass is 10.3. The summed E-state index contributed by atoms with van der Waals surface area (Å²) >= 11 is 0. The van der Waals surface area contributed by atoms with Gasteiger partial charge < -0.3 is 5.73 Å². The lowest BCUT2D eigenvalue weighted by Gasteiger charge is -2.16. The molecular weight excluding hydrogens is 264 g/mol. The molecule has 100 valence electrons. The molecule has 2 heterocycles. The van der Waals surface area contributed by atoms with Crippen LogP contribution in [0.1, 0.15) is 5.69 Å². The summed E-state index contributed by atoms with van der Waals surface area (Å²) in [4.78, 5) is 8.00. The largest absolute Gasteiger partial charge is 0.384 e. The Hall–Kier alpha value is -1.99. The van der Waals surface area contributed by atoms with E-state index in [0.717, 1.165) is 0 Å². The van der Waals surface area contributed by atoms with E-state index in [4.69, 9.17) is 5.73 Å². The second kappa shape index (κ2) is 5.33. The number of pyridine rings is 2. The molecule has 7 heteroatoms. The number of anilines is 1. The first kappa shape index (κ1) is 13.4. The molecule has 0 atom stereocenters. The van der Waals surface area contributed by atoms with E-state index < -0.39 is 10.0 Å². The Morgan fingerprint density at radius 3 is 2.63 bits per heavy atom. The molecule has 0 aliphatic heterocycles. The van der Waals surface area contributed by atoms with Crippen molar-refractivity contribution in [1.29, 1.82) is 0 Å². The van der Waals surface area contributed by atoms with Crippen LogP contribution >= 0.6 is 0 Å². The minimum Gasteiger partial charge on any atom is -0.384 e. The maximum absolute atomic E-state index is 12.3. The quantitative estimate of drug-likeness (QED) is 0.896. The highest BCUT2D eigenvalue weighted by atomic mass is 32.2. The van der Waals surface area contributed by atoms with E-state index in [9.17, 15) is 8.42 Å². The van der Waals surface area contributed by atoms with Crippen LogP contribution in [0.3, 0.4) is 0 Å². The number of hydrogen-bond acceptors (Lipinski definition) is 5. The first-order chi connectivity index (χ1) is 9.00. The summed E-state index contributed by atoms with van der Waals surface area (Å²) in [7, 11) is -2.09. The van der Waals surface area contributed by atoms with Crippen molar-refractivity contribution < 1.29 is 8.42 Å². The number of nitrogens with zero attached hydrogens (tertiary/aromatic N) is 3. The van der Waals surface area contributed by atoms with Gasteiger partial charge in [-0.05, 0) is 18.2 Å². The third-order valence-electron chi connectivity index (χ3n) is 2.57. The van der Waals surface area contributed by atoms with Crippen molar-refractivity contribution >= 4 is 15.8 Å². The molecule has 19 heavy (non-hydrogen) atoms. The first-order valence-electron chi connectivity index (χ1n) is 5.58. The van der Waals surface area contributed by atoms with Gasteiger partial charge in [0.2, 0.25) is 10.0 Å². The average molecular weight is 278 g/mol. The van der Waals surface area contributed by atoms with Crippen molar-refractivity contribution in [2.45, 2.75) is 11.4 Å². The monoisotopic (exact) mass is 278 g/mol. The summed E-state index contributed by atoms with van der Waals surface area (Å²) in [6, 6.07) is 8.12. The summed E-state index contributed by atoms with van der Waals surface area (Å²) in [5.74, 6) is 0.173. The zero-order valence-electron chi connectivity index (χ0n) is 10.4. The van der Waals surface area contributed by atoms with Gasteiger partial charge in [-0.25, -0.2) is 13.4 Å². The normalized spacial score (nSPS) is 11.7. The van der Waals surface area contributed by atoms with Gasteiger partial charge in [0.05, 0.1) is 17.1 Å². The highest BCUT2D eigenvalue weighted by Gasteiger charge is 2.21. The molecule has 0 bridgehead atoms. The van der Waals surface area contributed by atoms with E-state index in [1.807, 2.05) is 6.07 Å². The molecule has 0 saturated heterocycles. The molecule has 0 amide bonds. The van der Waals surface area contributed by atoms with Crippen LogP contribution in [0.25, 0.3) is 0 Å². The number of aromatic nitrogens is 2. The number of sulfonamides is 1. The molecule has 0 saturated carbocycles. The van der Waals surface area contributed by atoms with Crippen LogP contribution in [-0.4, -0.2) is 29.7 Å². The van der Waals surface area contributed by atoms with Gasteiger partial charge in [-0.3, -0.25) is 4.98 Å². The van der Waals surface area contributed by atoms with Gasteiger partial charge in [0, 0.05) is 25.5 Å². The zero-order valence-corrected chi connectivity index (χ0v) is 11.2. The molecule has 2 rings (SSSR count). The summed E-state index contributed by atoms with van der Waals surface area (Å²) in [5, 5.41) is 0. The van der Waals surface area contributed by atoms with E-state index in [0.29, 0.717) is 5.69 Å². The lowest BCUT2D eigenvalue weighted by Crippen LogP contribution is -2.27. The number of rotatable bonds is 4. The first-order valence-corrected chi connectivity index (χ1v) is 7.02. The van der Waals surface area contributed by atoms with Crippen molar-refractivity contribution in [3.8, 4) is 0 Å². The summed E-state index contributed by atoms with van der Waals surface area (Å²) in [5.41, 5.74) is 6.18. The van der Waals surface area contributed by atoms with Crippen molar-refractivity contribution in [3.05, 3.63) is 48.4 Å². The third-order valence-corrected chi connectivity index (χ3v) is 4.37. The fraction of sp³-hybridized carbons (Fsp3) is 0.167. The Bertz CT molecular complexity index is 658. The standard InChI is InChI=1S/C12H14N4O2S/c1-16(9-10-4-2-3-6-14-10)19(17,18)11-5-7-15-12(13)8-11/h2-8H,9H2,1H3,(H2,13,15). The smallest absolute Gasteiger partial charge is 0.243 e. The van der Waals surface area contributed by atoms with Crippen LogP contribution in [0.4, 0.5) is 5.82 Å². The van der Waals surface area contributed by atoms with Crippen molar-refractivity contribution in [1.82, 2.24) is 14.3 Å². The Kier molecular flexibility index (Phi) is 3.77. The molecule has 0 aliphatic carbocycles. The van der Waals surface area contributed by atoms with Gasteiger partial charge in [0.1, 0.15) is 5.82 Å². The fourth-order valence-electron chi connectivity index (χ4n) is 1.57. The number of nitrogen functional groups attached to an aromatic ring is 1. The number of hydrogen-bond donors (Lipinski definition) is 1. The van der Waals surface area contributed by atoms with Crippen LogP contribution < -0.4 is 5.73 Å². The third kappa shape index (κ3) is 3.07. The minimum absolute atomic E-state index is 0.124. The van der Waals surface area contributed by atoms with Crippen LogP contribution in [0, 0.1) is 0 Å². The molecule has 2 aromatic rings. The van der Waals surface area contributed by atoms with Gasteiger partial charge in [0.25, 0.3) is 0 Å². The number of nitrogens with two attached hydrogens (primary N) is 1. The highest BCUT2D eigenvalue weighted by molar-refractivity contribution is 7.89. The predicted molar refractivity (Wildman–Crippen MR) is 71.5 cm³/mol. The van der Waals surface area contributed by atoms with Crippen LogP contribution in [0.5, 0.6) is 0 Å². The zero-order chi connectivity index (χ0) is 13.9. The van der Waals surface area contributed by atoms with Crippen molar-refractivity contribution in [3.63, 3.8) is 0 Å². The highest BCUT2D eigenvalue weighted by Crippen LogP contribution is 2.16. The maximum Gasteiger partial charge on any atom is 0.243 e. The van der Waals surface area contributed by atoms with Gasteiger partial charge in [0.15, 0.2) is 0 Å². The molecular formula is C12H14N4O2S. The molecule has 0 radical (unpaired) electrons. The van der Waals surface area contributed by atoms with Gasteiger partial charge >= 0.3 is 0 Å². The van der Waals surface area contributed by atoms with E-state index in [-0.39, 0.29) is 17.3 Å². The van der Waals surface area contributed by atoms with Crippen LogP contribution in [-0.2, 0) is 16.6 Å². The van der Waals surface area contributed by atoms with E-state index >= 15 is 0 Å². The topological polar surface area (TPSA) is 89.2 Å². The molecule has 0 fully saturated rings. The van der Waals surface area contributed by atoms with E-state index in [2.05, 4.69) is 9.97 Å². The SMILES string of the molecule is CN(Cc1ccccn1)S(=O)(=O)c1ccnc(N)c1. The summed E-state index contributed by atoms with van der Waals surface area (Å²) in [6.45, 7) is 0.200. The molecule has 2 aromatic heterocycles. The fourth-order valence-corrected chi connectivity index (χ4v) is 2.74. The molecule has 0 unspecified atom stereocenters. The second-order valence-corrected chi connectivity index (χ2v) is 6.04. The molecule has 0 spiro atoms. The van der Waals surface area contributed by atoms with Crippen molar-refractivity contribution in [2.24, 2.45) is 0 Å². The van der Waals surface area contributed by atoms with Crippen LogP contribution in [0.15, 0.2) is 47.6 Å². The second-order valence-electron chi connectivity index (χ2n) is 4.00. The summed E-state index contributed by atoms with van der Waals surface area (Å²) in [6.07, 6.45) is 3.00. The summed E-state index contributed by atoms with van der Waals surface area (Å²) < 4.78 is 25.8. The molecule has 2 N–H and O–H groups in total. The average Bonchev–Trinajstić information content (AvgIpc) is 2.40. The molecule has 6 nitrogen and oxygen atoms in total. The van der Waals surface area contributed by atoms with Crippen LogP contribution in [0.2, 0.25) is 0 Å². The Balaban J connectivity index is 2.25. The van der Waals surface area contributed by atoms with Gasteiger partial charge in [-0.1, -0.05) is 6.07 Å². The Morgan fingerprint density at radius 1 is 1.21 bits per heavy atom. The van der Waals surface area contributed by atoms with E-state index in [1.165, 1.54) is 29.7 Å². The van der Waals surface area contributed by atoms with Crippen molar-refractivity contribution in [2.75, 3.05) is 12.8 Å². The lowest BCUT2D eigenvalue weighted by molar-refractivity contribution is 0.462. The molecule has 0 aliphatic rings. The minimum atomic E-state index is -3.59.